The van der Waals surface area contributed by atoms with Crippen molar-refractivity contribution in [1.82, 2.24) is 0 Å². The van der Waals surface area contributed by atoms with Crippen LogP contribution < -0.4 is 5.90 Å². The Labute approximate surface area is 340 Å². The van der Waals surface area contributed by atoms with Gasteiger partial charge in [-0.05, 0) is 129 Å². The van der Waals surface area contributed by atoms with E-state index in [9.17, 15) is 14.4 Å². The molecule has 0 aromatic heterocycles. The van der Waals surface area contributed by atoms with Gasteiger partial charge in [0.2, 0.25) is 0 Å². The van der Waals surface area contributed by atoms with Crippen molar-refractivity contribution < 1.29 is 29.1 Å². The van der Waals surface area contributed by atoms with Crippen LogP contribution in [0.15, 0.2) is 47.7 Å². The Balaban J connectivity index is 0.000000927. The van der Waals surface area contributed by atoms with Gasteiger partial charge in [-0.3, -0.25) is 9.59 Å². The maximum absolute atomic E-state index is 13.5. The van der Waals surface area contributed by atoms with Gasteiger partial charge in [-0.1, -0.05) is 112 Å². The molecule has 1 aromatic rings. The molecule has 4 aliphatic rings. The topological polar surface area (TPSA) is 116 Å². The Morgan fingerprint density at radius 1 is 1.04 bits per heavy atom. The number of aryl methyl sites for hydroxylation is 1. The number of rotatable bonds is 10. The number of hydrogen-bond acceptors (Lipinski definition) is 7. The smallest absolute Gasteiger partial charge is 0.307 e. The normalized spacial score (nSPS) is 29.7. The number of fused-ring (bicyclic) bond motifs is 5. The molecule has 8 unspecified atom stereocenters. The minimum absolute atomic E-state index is 0.109. The third kappa shape index (κ3) is 11.3. The highest BCUT2D eigenvalue weighted by Crippen LogP contribution is 2.71. The molecule has 3 N–H and O–H groups in total. The molecule has 314 valence electrons. The van der Waals surface area contributed by atoms with Crippen LogP contribution in [0.3, 0.4) is 0 Å². The van der Waals surface area contributed by atoms with E-state index in [-0.39, 0.29) is 41.0 Å². The number of benzene rings is 1. The fraction of sp³-hybridized carbons (Fsp3) is 0.723. The van der Waals surface area contributed by atoms with Crippen molar-refractivity contribution >= 4 is 29.6 Å². The third-order valence-corrected chi connectivity index (χ3v) is 13.6. The monoisotopic (exact) mass is 788 g/mol. The van der Waals surface area contributed by atoms with Crippen molar-refractivity contribution in [3.05, 3.63) is 58.3 Å². The molecule has 8 atom stereocenters. The van der Waals surface area contributed by atoms with Crippen molar-refractivity contribution in [2.45, 2.75) is 160 Å². The molecule has 4 aliphatic carbocycles. The van der Waals surface area contributed by atoms with Crippen LogP contribution >= 0.6 is 11.6 Å². The van der Waals surface area contributed by atoms with Gasteiger partial charge in [-0.2, -0.15) is 5.90 Å². The van der Waals surface area contributed by atoms with Crippen molar-refractivity contribution in [1.29, 1.82) is 0 Å². The molecule has 1 aromatic carbocycles. The van der Waals surface area contributed by atoms with Gasteiger partial charge in [0.1, 0.15) is 12.0 Å². The maximum Gasteiger partial charge on any atom is 0.307 e. The summed E-state index contributed by atoms with van der Waals surface area (Å²) in [6.45, 7) is 31.5. The second-order valence-corrected chi connectivity index (χ2v) is 17.9. The van der Waals surface area contributed by atoms with Gasteiger partial charge in [-0.25, -0.2) is 0 Å². The number of ketones is 1. The molecular formula is C47H78ClNO6. The second-order valence-electron chi connectivity index (χ2n) is 17.5. The summed E-state index contributed by atoms with van der Waals surface area (Å²) in [5.74, 6) is 8.44. The Hall–Kier alpha value is -2.48. The number of halogens is 1. The van der Waals surface area contributed by atoms with Crippen LogP contribution in [-0.2, 0) is 24.0 Å². The molecule has 0 spiro atoms. The largest absolute Gasteiger partial charge is 0.463 e. The van der Waals surface area contributed by atoms with E-state index in [0.717, 1.165) is 62.5 Å². The highest BCUT2D eigenvalue weighted by molar-refractivity contribution is 6.30. The minimum atomic E-state index is -0.698. The number of ether oxygens (including phenoxy) is 1. The van der Waals surface area contributed by atoms with E-state index in [4.69, 9.17) is 32.2 Å². The Kier molecular flexibility index (Phi) is 20.1. The molecule has 0 amide bonds. The number of carbonyl (C=O) groups is 3. The standard InChI is InChI=1S/C35H55NO5.C7H7Cl.2C2H6.CH4O/c1-21(2)30-27(38)18-35(24(5)41-36)17-14-26-25(31(30)35)10-11-28-33(8,22(3)12-15-34(26,28)9)16-13-23(4)40-29(39)19-32(6,7)20-37;1-6-2-4-7(8)5-3-6;3*1-2/h20-23,25-26,28H,5,10-19,36H2,1-4,6-9H3;2-5H,1H3;2*1-2H3;2H,1H3. The fourth-order valence-corrected chi connectivity index (χ4v) is 10.6. The lowest BCUT2D eigenvalue weighted by molar-refractivity contribution is -0.155. The van der Waals surface area contributed by atoms with Gasteiger partial charge in [-0.15, -0.1) is 0 Å². The quantitative estimate of drug-likeness (QED) is 0.105. The van der Waals surface area contributed by atoms with E-state index in [2.05, 4.69) is 41.2 Å². The SMILES string of the molecule is C=C(ON)C12CCC3C(CCC4C(C)(CCC(C)OC(=O)CC(C)(C)C=O)C(C)CCC34C)C1=C(C(C)C)C(=O)C2.CC.CC.CO.Cc1ccc(Cl)cc1. The summed E-state index contributed by atoms with van der Waals surface area (Å²) < 4.78 is 5.78. The van der Waals surface area contributed by atoms with Crippen molar-refractivity contribution in [3.63, 3.8) is 0 Å². The van der Waals surface area contributed by atoms with Crippen LogP contribution in [-0.4, -0.2) is 36.4 Å². The average Bonchev–Trinajstić information content (AvgIpc) is 3.49. The number of Topliss-reactive ketones (excluding diaryl/α,β-unsaturated/α-hetero) is 1. The summed E-state index contributed by atoms with van der Waals surface area (Å²) in [5.41, 5.74) is 2.74. The van der Waals surface area contributed by atoms with Crippen molar-refractivity contribution in [2.24, 2.45) is 57.1 Å². The van der Waals surface area contributed by atoms with Crippen LogP contribution in [0.1, 0.15) is 153 Å². The summed E-state index contributed by atoms with van der Waals surface area (Å²) in [6.07, 6.45) is 9.59. The number of aliphatic hydroxyl groups excluding tert-OH is 1. The maximum atomic E-state index is 13.5. The minimum Gasteiger partial charge on any atom is -0.463 e. The number of carbonyl (C=O) groups excluding carboxylic acids is 3. The Bertz CT molecular complexity index is 1410. The lowest BCUT2D eigenvalue weighted by Gasteiger charge is -2.65. The lowest BCUT2D eigenvalue weighted by atomic mass is 9.40. The summed E-state index contributed by atoms with van der Waals surface area (Å²) in [4.78, 5) is 42.6. The van der Waals surface area contributed by atoms with Crippen molar-refractivity contribution in [2.75, 3.05) is 7.11 Å². The lowest BCUT2D eigenvalue weighted by Crippen LogP contribution is -2.57. The van der Waals surface area contributed by atoms with Gasteiger partial charge in [0.25, 0.3) is 0 Å². The zero-order valence-electron chi connectivity index (χ0n) is 37.1. The first-order chi connectivity index (χ1) is 25.8. The summed E-state index contributed by atoms with van der Waals surface area (Å²) in [5, 5.41) is 7.80. The van der Waals surface area contributed by atoms with E-state index in [0.29, 0.717) is 35.9 Å². The molecule has 7 nitrogen and oxygen atoms in total. The number of allylic oxidation sites excluding steroid dienone is 2. The summed E-state index contributed by atoms with van der Waals surface area (Å²) in [7, 11) is 1.00. The fourth-order valence-electron chi connectivity index (χ4n) is 10.5. The zero-order chi connectivity index (χ0) is 42.5. The van der Waals surface area contributed by atoms with Crippen LogP contribution in [0.4, 0.5) is 0 Å². The van der Waals surface area contributed by atoms with Crippen LogP contribution in [0.2, 0.25) is 5.02 Å². The number of nitrogens with two attached hydrogens (primary N) is 1. The third-order valence-electron chi connectivity index (χ3n) is 13.4. The molecule has 3 saturated carbocycles. The van der Waals surface area contributed by atoms with Gasteiger partial charge >= 0.3 is 5.97 Å². The van der Waals surface area contributed by atoms with E-state index < -0.39 is 10.8 Å². The first-order valence-electron chi connectivity index (χ1n) is 21.0. The number of aliphatic hydroxyl groups is 1. The summed E-state index contributed by atoms with van der Waals surface area (Å²) >= 11 is 5.61. The number of esters is 1. The van der Waals surface area contributed by atoms with Gasteiger partial charge in [0, 0.05) is 24.0 Å². The van der Waals surface area contributed by atoms with Gasteiger partial charge in [0.05, 0.1) is 17.9 Å². The Morgan fingerprint density at radius 3 is 2.13 bits per heavy atom. The highest BCUT2D eigenvalue weighted by Gasteiger charge is 2.63. The zero-order valence-corrected chi connectivity index (χ0v) is 37.8. The van der Waals surface area contributed by atoms with E-state index in [1.165, 1.54) is 24.0 Å². The molecule has 0 heterocycles. The first-order valence-corrected chi connectivity index (χ1v) is 21.4. The summed E-state index contributed by atoms with van der Waals surface area (Å²) in [6, 6.07) is 7.75. The van der Waals surface area contributed by atoms with E-state index in [1.807, 2.05) is 65.8 Å². The average molecular weight is 789 g/mol. The first kappa shape index (κ1) is 50.5. The predicted molar refractivity (Wildman–Crippen MR) is 228 cm³/mol. The van der Waals surface area contributed by atoms with E-state index >= 15 is 0 Å². The van der Waals surface area contributed by atoms with E-state index in [1.54, 1.807) is 13.8 Å². The number of hydrogen-bond donors (Lipinski definition) is 2. The van der Waals surface area contributed by atoms with Crippen LogP contribution in [0.5, 0.6) is 0 Å². The molecule has 8 heteroatoms. The molecule has 0 saturated heterocycles. The molecular weight excluding hydrogens is 710 g/mol. The second kappa shape index (κ2) is 21.9. The van der Waals surface area contributed by atoms with Crippen molar-refractivity contribution in [3.8, 4) is 0 Å². The highest BCUT2D eigenvalue weighted by atomic mass is 35.5. The Morgan fingerprint density at radius 2 is 1.62 bits per heavy atom. The molecule has 0 aliphatic heterocycles. The van der Waals surface area contributed by atoms with Crippen LogP contribution in [0, 0.1) is 58.2 Å². The predicted octanol–water partition coefficient (Wildman–Crippen LogP) is 11.8. The van der Waals surface area contributed by atoms with Crippen LogP contribution in [0.25, 0.3) is 0 Å². The molecule has 5 rings (SSSR count). The molecule has 0 bridgehead atoms. The van der Waals surface area contributed by atoms with Gasteiger partial charge < -0.3 is 19.5 Å². The van der Waals surface area contributed by atoms with Gasteiger partial charge in [0.15, 0.2) is 5.78 Å². The molecule has 3 fully saturated rings. The number of aldehydes is 1. The molecule has 55 heavy (non-hydrogen) atoms. The molecule has 0 radical (unpaired) electrons.